The molecule has 3 atom stereocenters. The molecule has 1 amide bonds. The number of imidazole rings is 1. The van der Waals surface area contributed by atoms with E-state index in [0.29, 0.717) is 34.6 Å². The van der Waals surface area contributed by atoms with E-state index in [1.54, 1.807) is 7.11 Å². The van der Waals surface area contributed by atoms with Gasteiger partial charge in [-0.25, -0.2) is 9.97 Å². The molecule has 2 aromatic carbocycles. The van der Waals surface area contributed by atoms with Gasteiger partial charge in [0.2, 0.25) is 0 Å². The second kappa shape index (κ2) is 10.8. The molecule has 2 saturated heterocycles. The molecule has 2 aliphatic heterocycles. The summed E-state index contributed by atoms with van der Waals surface area (Å²) in [4.78, 5) is 28.4. The number of piperidine rings is 1. The first-order chi connectivity index (χ1) is 23.0. The van der Waals surface area contributed by atoms with Crippen LogP contribution >= 0.6 is 0 Å². The van der Waals surface area contributed by atoms with E-state index in [1.807, 2.05) is 53.6 Å². The molecule has 10 nitrogen and oxygen atoms in total. The fourth-order valence-electron chi connectivity index (χ4n) is 8.25. The number of nitrogens with two attached hydrogens (primary N) is 1. The molecule has 2 bridgehead atoms. The maximum Gasteiger partial charge on any atom is 0.254 e. The van der Waals surface area contributed by atoms with Crippen molar-refractivity contribution in [1.29, 1.82) is 5.26 Å². The fraction of sp³-hybridized carbons (Fsp3) is 0.405. The third-order valence-electron chi connectivity index (χ3n) is 11.0. The number of methoxy groups -OCH3 is 1. The number of ether oxygens (including phenoxy) is 1. The third kappa shape index (κ3) is 4.67. The van der Waals surface area contributed by atoms with Crippen molar-refractivity contribution >= 4 is 33.7 Å². The van der Waals surface area contributed by atoms with Crippen molar-refractivity contribution in [1.82, 2.24) is 24.0 Å². The lowest BCUT2D eigenvalue weighted by Crippen LogP contribution is -2.48. The lowest BCUT2D eigenvalue weighted by molar-refractivity contribution is 0.0700. The van der Waals surface area contributed by atoms with Crippen LogP contribution in [0.4, 0.5) is 5.69 Å². The number of rotatable bonds is 8. The van der Waals surface area contributed by atoms with Crippen LogP contribution in [0.5, 0.6) is 5.75 Å². The van der Waals surface area contributed by atoms with Crippen LogP contribution in [-0.2, 0) is 13.1 Å². The summed E-state index contributed by atoms with van der Waals surface area (Å²) in [5, 5.41) is 10.3. The first kappa shape index (κ1) is 28.4. The number of hydrogen-bond acceptors (Lipinski definition) is 7. The summed E-state index contributed by atoms with van der Waals surface area (Å²) in [6.45, 7) is 4.18. The quantitative estimate of drug-likeness (QED) is 0.256. The van der Waals surface area contributed by atoms with Gasteiger partial charge in [-0.1, -0.05) is 0 Å². The molecule has 10 heteroatoms. The van der Waals surface area contributed by atoms with Gasteiger partial charge in [0.25, 0.3) is 5.91 Å². The number of carbonyl (C=O) groups is 1. The van der Waals surface area contributed by atoms with Crippen LogP contribution in [0.15, 0.2) is 60.8 Å². The first-order valence-electron chi connectivity index (χ1n) is 16.8. The average Bonchev–Trinajstić information content (AvgIpc) is 3.44. The van der Waals surface area contributed by atoms with Gasteiger partial charge in [0.15, 0.2) is 5.82 Å². The summed E-state index contributed by atoms with van der Waals surface area (Å²) in [6.07, 6.45) is 6.39. The number of nitriles is 1. The summed E-state index contributed by atoms with van der Waals surface area (Å²) in [5.74, 6) is 2.96. The maximum absolute atomic E-state index is 13.9. The number of hydrogen-bond donors (Lipinski definition) is 1. The average molecular weight is 627 g/mol. The number of anilines is 1. The molecule has 0 radical (unpaired) electrons. The molecule has 5 aromatic rings. The third-order valence-corrected chi connectivity index (χ3v) is 11.0. The minimum atomic E-state index is 0.00745. The minimum Gasteiger partial charge on any atom is -0.494 e. The normalized spacial score (nSPS) is 22.3. The van der Waals surface area contributed by atoms with Crippen LogP contribution in [0, 0.1) is 29.1 Å². The van der Waals surface area contributed by atoms with Crippen molar-refractivity contribution in [3.63, 3.8) is 0 Å². The zero-order valence-electron chi connectivity index (χ0n) is 26.5. The van der Waals surface area contributed by atoms with Gasteiger partial charge in [-0.2, -0.15) is 5.26 Å². The van der Waals surface area contributed by atoms with Crippen molar-refractivity contribution in [3.05, 3.63) is 71.9 Å². The lowest BCUT2D eigenvalue weighted by Gasteiger charge is -2.41. The highest BCUT2D eigenvalue weighted by Gasteiger charge is 2.47. The van der Waals surface area contributed by atoms with Crippen LogP contribution < -0.4 is 15.4 Å². The number of likely N-dealkylation sites (tertiary alicyclic amines) is 1. The minimum absolute atomic E-state index is 0.00745. The second-order valence-corrected chi connectivity index (χ2v) is 14.0. The van der Waals surface area contributed by atoms with Gasteiger partial charge in [0.05, 0.1) is 30.0 Å². The summed E-state index contributed by atoms with van der Waals surface area (Å²) >= 11 is 0. The Labute approximate surface area is 273 Å². The molecular weight excluding hydrogens is 588 g/mol. The van der Waals surface area contributed by atoms with E-state index in [0.717, 1.165) is 84.8 Å². The van der Waals surface area contributed by atoms with E-state index in [9.17, 15) is 10.1 Å². The van der Waals surface area contributed by atoms with Crippen LogP contribution in [0.2, 0.25) is 0 Å². The molecule has 2 aliphatic carbocycles. The number of fused-ring (bicyclic) bond motifs is 4. The molecule has 2 saturated carbocycles. The van der Waals surface area contributed by atoms with Crippen molar-refractivity contribution in [2.24, 2.45) is 23.5 Å². The van der Waals surface area contributed by atoms with E-state index in [1.165, 1.54) is 12.8 Å². The van der Waals surface area contributed by atoms with Gasteiger partial charge in [-0.15, -0.1) is 0 Å². The standard InChI is InChI=1S/C37H38N8O2/c1-47-32-15-27(37(46)44-21-26-8-11-30(44)33(26)39)13-29-34(32)45(20-24-17-42(18-24)28-9-6-22(16-38)7-10-28)36(41-29)31-14-25-3-2-12-40-35(25)43(31)19-23-4-5-23/h2-3,6-7,9-10,12-15,23-24,26,30,33H,4-5,8,11,17-21,39H2,1H3/t26?,30?,33-/m1/s1. The molecule has 3 aromatic heterocycles. The van der Waals surface area contributed by atoms with E-state index >= 15 is 0 Å². The van der Waals surface area contributed by atoms with Gasteiger partial charge in [0, 0.05) is 73.6 Å². The van der Waals surface area contributed by atoms with E-state index in [-0.39, 0.29) is 18.0 Å². The molecule has 4 fully saturated rings. The Morgan fingerprint density at radius 1 is 1.00 bits per heavy atom. The van der Waals surface area contributed by atoms with Crippen LogP contribution in [-0.4, -0.2) is 68.7 Å². The summed E-state index contributed by atoms with van der Waals surface area (Å²) in [6, 6.07) is 20.3. The van der Waals surface area contributed by atoms with Gasteiger partial charge < -0.3 is 29.4 Å². The van der Waals surface area contributed by atoms with E-state index < -0.39 is 0 Å². The fourth-order valence-corrected chi connectivity index (χ4v) is 8.25. The second-order valence-electron chi connectivity index (χ2n) is 14.0. The Morgan fingerprint density at radius 3 is 2.51 bits per heavy atom. The number of benzene rings is 2. The SMILES string of the molecule is COc1cc(C(=O)N2CC3CCC2[C@@H]3N)cc2nc(-c3cc4cccnc4n3CC3CC3)n(CC3CN(c4ccc(C#N)cc4)C3)c12. The van der Waals surface area contributed by atoms with Crippen LogP contribution in [0.25, 0.3) is 33.6 Å². The topological polar surface area (TPSA) is 118 Å². The maximum atomic E-state index is 13.9. The Kier molecular flexibility index (Phi) is 6.54. The molecular formula is C37H38N8O2. The summed E-state index contributed by atoms with van der Waals surface area (Å²) < 4.78 is 10.7. The molecule has 238 valence electrons. The summed E-state index contributed by atoms with van der Waals surface area (Å²) in [7, 11) is 1.68. The molecule has 0 spiro atoms. The highest BCUT2D eigenvalue weighted by molar-refractivity contribution is 6.00. The van der Waals surface area contributed by atoms with Gasteiger partial charge >= 0.3 is 0 Å². The van der Waals surface area contributed by atoms with Gasteiger partial charge in [-0.3, -0.25) is 4.79 Å². The number of nitrogens with zero attached hydrogens (tertiary/aromatic N) is 7. The monoisotopic (exact) mass is 626 g/mol. The number of pyridine rings is 1. The molecule has 2 N–H and O–H groups in total. The lowest BCUT2D eigenvalue weighted by atomic mass is 9.98. The Hall–Kier alpha value is -4.88. The van der Waals surface area contributed by atoms with Crippen LogP contribution in [0.1, 0.15) is 41.6 Å². The highest BCUT2D eigenvalue weighted by atomic mass is 16.5. The molecule has 47 heavy (non-hydrogen) atoms. The largest absolute Gasteiger partial charge is 0.494 e. The van der Waals surface area contributed by atoms with Crippen LogP contribution in [0.3, 0.4) is 0 Å². The Bertz CT molecular complexity index is 2060. The zero-order chi connectivity index (χ0) is 31.8. The van der Waals surface area contributed by atoms with Crippen molar-refractivity contribution in [3.8, 4) is 23.3 Å². The number of carbonyl (C=O) groups excluding carboxylic acids is 1. The van der Waals surface area contributed by atoms with Crippen molar-refractivity contribution in [2.75, 3.05) is 31.6 Å². The Morgan fingerprint density at radius 2 is 1.81 bits per heavy atom. The van der Waals surface area contributed by atoms with E-state index in [2.05, 4.69) is 32.2 Å². The number of aromatic nitrogens is 4. The van der Waals surface area contributed by atoms with E-state index in [4.69, 9.17) is 20.4 Å². The molecule has 9 rings (SSSR count). The Balaban J connectivity index is 1.13. The molecule has 4 aliphatic rings. The van der Waals surface area contributed by atoms with Gasteiger partial charge in [-0.05, 0) is 92.1 Å². The zero-order valence-corrected chi connectivity index (χ0v) is 26.5. The molecule has 2 unspecified atom stereocenters. The predicted octanol–water partition coefficient (Wildman–Crippen LogP) is 5.04. The first-order valence-corrected chi connectivity index (χ1v) is 16.8. The highest BCUT2D eigenvalue weighted by Crippen LogP contribution is 2.41. The molecule has 5 heterocycles. The smallest absolute Gasteiger partial charge is 0.254 e. The summed E-state index contributed by atoms with van der Waals surface area (Å²) in [5.41, 5.74) is 12.6. The van der Waals surface area contributed by atoms with Gasteiger partial charge in [0.1, 0.15) is 16.9 Å². The van der Waals surface area contributed by atoms with Crippen molar-refractivity contribution < 1.29 is 9.53 Å². The van der Waals surface area contributed by atoms with Crippen molar-refractivity contribution in [2.45, 2.75) is 50.9 Å². The number of amides is 1. The predicted molar refractivity (Wildman–Crippen MR) is 180 cm³/mol.